The van der Waals surface area contributed by atoms with Crippen LogP contribution in [-0.4, -0.2) is 49.8 Å². The van der Waals surface area contributed by atoms with Gasteiger partial charge in [-0.25, -0.2) is 0 Å². The third-order valence-electron chi connectivity index (χ3n) is 3.45. The van der Waals surface area contributed by atoms with Gasteiger partial charge >= 0.3 is 0 Å². The fourth-order valence-electron chi connectivity index (χ4n) is 2.28. The van der Waals surface area contributed by atoms with Crippen LogP contribution < -0.4 is 5.32 Å². The van der Waals surface area contributed by atoms with Gasteiger partial charge in [0.15, 0.2) is 0 Å². The first-order valence-electron chi connectivity index (χ1n) is 7.19. The highest BCUT2D eigenvalue weighted by Gasteiger charge is 2.20. The summed E-state index contributed by atoms with van der Waals surface area (Å²) in [4.78, 5) is 2.58. The van der Waals surface area contributed by atoms with E-state index >= 15 is 0 Å². The summed E-state index contributed by atoms with van der Waals surface area (Å²) < 4.78 is 5.81. The van der Waals surface area contributed by atoms with E-state index in [-0.39, 0.29) is 0 Å². The predicted molar refractivity (Wildman–Crippen MR) is 73.4 cm³/mol. The van der Waals surface area contributed by atoms with Gasteiger partial charge in [-0.1, -0.05) is 20.8 Å². The highest BCUT2D eigenvalue weighted by Crippen LogP contribution is 2.11. The predicted octanol–water partition coefficient (Wildman–Crippen LogP) is 2.12. The van der Waals surface area contributed by atoms with Gasteiger partial charge in [-0.2, -0.15) is 0 Å². The Morgan fingerprint density at radius 2 is 2.06 bits per heavy atom. The molecular weight excluding hydrogens is 212 g/mol. The molecule has 1 heterocycles. The van der Waals surface area contributed by atoms with E-state index in [0.717, 1.165) is 38.6 Å². The van der Waals surface area contributed by atoms with Crippen LogP contribution in [0.2, 0.25) is 0 Å². The van der Waals surface area contributed by atoms with Crippen molar-refractivity contribution in [3.8, 4) is 0 Å². The normalized spacial score (nSPS) is 24.9. The summed E-state index contributed by atoms with van der Waals surface area (Å²) >= 11 is 0. The average Bonchev–Trinajstić information content (AvgIpc) is 2.53. The zero-order valence-corrected chi connectivity index (χ0v) is 12.0. The smallest absolute Gasteiger partial charge is 0.0699 e. The van der Waals surface area contributed by atoms with Gasteiger partial charge in [0.05, 0.1) is 6.10 Å². The maximum Gasteiger partial charge on any atom is 0.0699 e. The average molecular weight is 242 g/mol. The first-order chi connectivity index (χ1) is 8.13. The third kappa shape index (κ3) is 5.84. The van der Waals surface area contributed by atoms with E-state index in [1.54, 1.807) is 0 Å². The molecule has 1 saturated heterocycles. The van der Waals surface area contributed by atoms with Crippen molar-refractivity contribution in [1.29, 1.82) is 0 Å². The van der Waals surface area contributed by atoms with Gasteiger partial charge in [-0.15, -0.1) is 0 Å². The Bertz CT molecular complexity index is 197. The lowest BCUT2D eigenvalue weighted by molar-refractivity contribution is 0.0466. The lowest BCUT2D eigenvalue weighted by Gasteiger charge is -2.29. The van der Waals surface area contributed by atoms with Crippen LogP contribution in [0.3, 0.4) is 0 Å². The lowest BCUT2D eigenvalue weighted by Crippen LogP contribution is -2.44. The summed E-state index contributed by atoms with van der Waals surface area (Å²) in [6.45, 7) is 14.5. The maximum absolute atomic E-state index is 5.81. The van der Waals surface area contributed by atoms with Crippen LogP contribution in [0.1, 0.15) is 40.5 Å². The van der Waals surface area contributed by atoms with E-state index in [9.17, 15) is 0 Å². The van der Waals surface area contributed by atoms with Crippen molar-refractivity contribution in [2.24, 2.45) is 5.92 Å². The molecule has 3 nitrogen and oxygen atoms in total. The minimum absolute atomic E-state index is 0.435. The fraction of sp³-hybridized carbons (Fsp3) is 1.00. The standard InChI is InChI=1S/C14H30N2O/c1-5-14-11-16(7-6-8-17-14)13(4)10-15-9-12(2)3/h12-15H,5-11H2,1-4H3. The Hall–Kier alpha value is -0.120. The first-order valence-corrected chi connectivity index (χ1v) is 7.19. The summed E-state index contributed by atoms with van der Waals surface area (Å²) in [6, 6.07) is 0.615. The molecule has 1 rings (SSSR count). The molecule has 2 atom stereocenters. The second kappa shape index (κ2) is 8.06. The number of rotatable bonds is 6. The van der Waals surface area contributed by atoms with Crippen molar-refractivity contribution in [1.82, 2.24) is 10.2 Å². The SMILES string of the molecule is CCC1CN(C(C)CNCC(C)C)CCCO1. The van der Waals surface area contributed by atoms with Crippen molar-refractivity contribution in [3.05, 3.63) is 0 Å². The molecular formula is C14H30N2O. The van der Waals surface area contributed by atoms with Gasteiger partial charge in [0.1, 0.15) is 0 Å². The van der Waals surface area contributed by atoms with Crippen LogP contribution in [-0.2, 0) is 4.74 Å². The highest BCUT2D eigenvalue weighted by atomic mass is 16.5. The number of nitrogens with one attached hydrogen (secondary N) is 1. The zero-order chi connectivity index (χ0) is 12.7. The van der Waals surface area contributed by atoms with Crippen LogP contribution in [0.5, 0.6) is 0 Å². The molecule has 17 heavy (non-hydrogen) atoms. The summed E-state index contributed by atoms with van der Waals surface area (Å²) in [5, 5.41) is 3.55. The van der Waals surface area contributed by atoms with Crippen molar-refractivity contribution in [3.63, 3.8) is 0 Å². The molecule has 3 heteroatoms. The summed E-state index contributed by atoms with van der Waals surface area (Å²) in [7, 11) is 0. The van der Waals surface area contributed by atoms with Crippen LogP contribution in [0, 0.1) is 5.92 Å². The van der Waals surface area contributed by atoms with Gasteiger partial charge in [0.25, 0.3) is 0 Å². The molecule has 0 aliphatic carbocycles. The van der Waals surface area contributed by atoms with Crippen molar-refractivity contribution >= 4 is 0 Å². The molecule has 0 bridgehead atoms. The second-order valence-electron chi connectivity index (χ2n) is 5.65. The Morgan fingerprint density at radius 1 is 1.29 bits per heavy atom. The molecule has 0 amide bonds. The summed E-state index contributed by atoms with van der Waals surface area (Å²) in [5.41, 5.74) is 0. The van der Waals surface area contributed by atoms with Crippen molar-refractivity contribution in [2.75, 3.05) is 32.8 Å². The Kier molecular flexibility index (Phi) is 7.09. The Balaban J connectivity index is 2.30. The van der Waals surface area contributed by atoms with Crippen molar-refractivity contribution < 1.29 is 4.74 Å². The van der Waals surface area contributed by atoms with Gasteiger partial charge in [0.2, 0.25) is 0 Å². The Morgan fingerprint density at radius 3 is 2.71 bits per heavy atom. The van der Waals surface area contributed by atoms with E-state index < -0.39 is 0 Å². The number of nitrogens with zero attached hydrogens (tertiary/aromatic N) is 1. The van der Waals surface area contributed by atoms with Crippen LogP contribution >= 0.6 is 0 Å². The first kappa shape index (κ1) is 14.9. The molecule has 0 aromatic rings. The molecule has 0 spiro atoms. The fourth-order valence-corrected chi connectivity index (χ4v) is 2.28. The molecule has 2 unspecified atom stereocenters. The van der Waals surface area contributed by atoms with E-state index in [4.69, 9.17) is 4.74 Å². The van der Waals surface area contributed by atoms with E-state index in [1.165, 1.54) is 13.0 Å². The molecule has 0 saturated carbocycles. The van der Waals surface area contributed by atoms with Gasteiger partial charge < -0.3 is 10.1 Å². The molecule has 0 aromatic carbocycles. The monoisotopic (exact) mass is 242 g/mol. The molecule has 102 valence electrons. The van der Waals surface area contributed by atoms with Crippen LogP contribution in [0.25, 0.3) is 0 Å². The molecule has 1 aliphatic rings. The topological polar surface area (TPSA) is 24.5 Å². The van der Waals surface area contributed by atoms with E-state index in [1.807, 2.05) is 0 Å². The van der Waals surface area contributed by atoms with Crippen LogP contribution in [0.15, 0.2) is 0 Å². The van der Waals surface area contributed by atoms with Crippen LogP contribution in [0.4, 0.5) is 0 Å². The maximum atomic E-state index is 5.81. The largest absolute Gasteiger partial charge is 0.377 e. The Labute approximate surface area is 107 Å². The summed E-state index contributed by atoms with van der Waals surface area (Å²) in [5.74, 6) is 0.734. The van der Waals surface area contributed by atoms with Gasteiger partial charge in [-0.3, -0.25) is 4.90 Å². The zero-order valence-electron chi connectivity index (χ0n) is 12.0. The number of ether oxygens (including phenoxy) is 1. The van der Waals surface area contributed by atoms with Gasteiger partial charge in [0, 0.05) is 32.3 Å². The lowest BCUT2D eigenvalue weighted by atomic mass is 10.2. The molecule has 0 aromatic heterocycles. The van der Waals surface area contributed by atoms with Gasteiger partial charge in [-0.05, 0) is 32.2 Å². The molecule has 1 aliphatic heterocycles. The molecule has 0 radical (unpaired) electrons. The summed E-state index contributed by atoms with van der Waals surface area (Å²) in [6.07, 6.45) is 2.73. The third-order valence-corrected chi connectivity index (χ3v) is 3.45. The second-order valence-corrected chi connectivity index (χ2v) is 5.65. The number of hydrogen-bond acceptors (Lipinski definition) is 3. The van der Waals surface area contributed by atoms with E-state index in [0.29, 0.717) is 12.1 Å². The minimum Gasteiger partial charge on any atom is -0.377 e. The van der Waals surface area contributed by atoms with E-state index in [2.05, 4.69) is 37.9 Å². The quantitative estimate of drug-likeness (QED) is 0.772. The minimum atomic E-state index is 0.435. The van der Waals surface area contributed by atoms with Crippen molar-refractivity contribution in [2.45, 2.75) is 52.7 Å². The number of hydrogen-bond donors (Lipinski definition) is 1. The highest BCUT2D eigenvalue weighted by molar-refractivity contribution is 4.75. The molecule has 1 N–H and O–H groups in total. The molecule has 1 fully saturated rings.